The third-order valence-electron chi connectivity index (χ3n) is 5.22. The molecule has 0 fully saturated rings. The molecule has 0 aliphatic heterocycles. The van der Waals surface area contributed by atoms with Gasteiger partial charge >= 0.3 is 0 Å². The van der Waals surface area contributed by atoms with E-state index in [1.807, 2.05) is 13.0 Å². The van der Waals surface area contributed by atoms with E-state index in [4.69, 9.17) is 9.47 Å². The van der Waals surface area contributed by atoms with Gasteiger partial charge in [-0.15, -0.1) is 24.0 Å². The molecule has 0 saturated carbocycles. The number of hydrogen-bond acceptors (Lipinski definition) is 4. The van der Waals surface area contributed by atoms with Crippen LogP contribution in [0.15, 0.2) is 53.5 Å². The van der Waals surface area contributed by atoms with Crippen molar-refractivity contribution in [3.8, 4) is 0 Å². The van der Waals surface area contributed by atoms with Crippen molar-refractivity contribution in [3.63, 3.8) is 0 Å². The Morgan fingerprint density at radius 1 is 1.03 bits per heavy atom. The Morgan fingerprint density at radius 2 is 1.82 bits per heavy atom. The number of benzene rings is 2. The molecular formula is C25H36IN5O2. The summed E-state index contributed by atoms with van der Waals surface area (Å²) in [5.74, 6) is 1.85. The summed E-state index contributed by atoms with van der Waals surface area (Å²) in [6.07, 6.45) is 0.983. The van der Waals surface area contributed by atoms with Crippen molar-refractivity contribution in [3.05, 3.63) is 65.5 Å². The molecule has 0 radical (unpaired) electrons. The molecule has 33 heavy (non-hydrogen) atoms. The van der Waals surface area contributed by atoms with Crippen molar-refractivity contribution >= 4 is 41.0 Å². The number of hydrogen-bond donors (Lipinski definition) is 2. The zero-order chi connectivity index (χ0) is 22.6. The lowest BCUT2D eigenvalue weighted by molar-refractivity contribution is 0.0453. The summed E-state index contributed by atoms with van der Waals surface area (Å²) in [6.45, 7) is 9.07. The summed E-state index contributed by atoms with van der Waals surface area (Å²) in [7, 11) is 1.80. The largest absolute Gasteiger partial charge is 0.379 e. The fourth-order valence-electron chi connectivity index (χ4n) is 3.61. The fraction of sp³-hybridized carbons (Fsp3) is 0.440. The SMILES string of the molecule is CCOCCOCc1cccc(CNC(=NC)NCCCn2c(C)nc3ccccc32)c1.I. The van der Waals surface area contributed by atoms with Crippen molar-refractivity contribution < 1.29 is 9.47 Å². The molecule has 8 heteroatoms. The van der Waals surface area contributed by atoms with Crippen LogP contribution < -0.4 is 10.6 Å². The van der Waals surface area contributed by atoms with E-state index < -0.39 is 0 Å². The first-order valence-electron chi connectivity index (χ1n) is 11.3. The first kappa shape index (κ1) is 27.1. The molecule has 0 saturated heterocycles. The number of imidazole rings is 1. The van der Waals surface area contributed by atoms with E-state index in [9.17, 15) is 0 Å². The van der Waals surface area contributed by atoms with Crippen LogP contribution in [0.1, 0.15) is 30.3 Å². The summed E-state index contributed by atoms with van der Waals surface area (Å²) in [5.41, 5.74) is 4.60. The molecule has 1 aromatic heterocycles. The standard InChI is InChI=1S/C25H35N5O2.HI/c1-4-31-15-16-32-19-22-10-7-9-21(17-22)18-28-25(26-3)27-13-8-14-30-20(2)29-23-11-5-6-12-24(23)30;/h5-7,9-12,17H,4,8,13-16,18-19H2,1-3H3,(H2,26,27,28);1H. The van der Waals surface area contributed by atoms with E-state index >= 15 is 0 Å². The average Bonchev–Trinajstić information content (AvgIpc) is 3.13. The van der Waals surface area contributed by atoms with Crippen molar-refractivity contribution in [2.24, 2.45) is 4.99 Å². The average molecular weight is 566 g/mol. The van der Waals surface area contributed by atoms with Crippen LogP contribution in [-0.2, 0) is 29.2 Å². The number of aryl methyl sites for hydroxylation is 2. The maximum absolute atomic E-state index is 5.67. The molecule has 0 aliphatic carbocycles. The van der Waals surface area contributed by atoms with Crippen molar-refractivity contribution in [1.29, 1.82) is 0 Å². The Balaban J connectivity index is 0.00000385. The lowest BCUT2D eigenvalue weighted by atomic mass is 10.1. The van der Waals surface area contributed by atoms with Crippen LogP contribution in [0.25, 0.3) is 11.0 Å². The highest BCUT2D eigenvalue weighted by Gasteiger charge is 2.06. The number of fused-ring (bicyclic) bond motifs is 1. The number of rotatable bonds is 12. The van der Waals surface area contributed by atoms with Gasteiger partial charge in [0.15, 0.2) is 5.96 Å². The molecule has 1 heterocycles. The van der Waals surface area contributed by atoms with Crippen molar-refractivity contribution in [1.82, 2.24) is 20.2 Å². The zero-order valence-electron chi connectivity index (χ0n) is 19.8. The summed E-state index contributed by atoms with van der Waals surface area (Å²) in [4.78, 5) is 8.98. The second kappa shape index (κ2) is 14.9. The van der Waals surface area contributed by atoms with E-state index in [1.165, 1.54) is 11.1 Å². The first-order valence-corrected chi connectivity index (χ1v) is 11.3. The molecular weight excluding hydrogens is 529 g/mol. The Bertz CT molecular complexity index is 1010. The predicted octanol–water partition coefficient (Wildman–Crippen LogP) is 4.27. The van der Waals surface area contributed by atoms with Crippen LogP contribution in [0.4, 0.5) is 0 Å². The van der Waals surface area contributed by atoms with Gasteiger partial charge in [-0.05, 0) is 43.5 Å². The number of para-hydroxylation sites is 2. The highest BCUT2D eigenvalue weighted by Crippen LogP contribution is 2.15. The van der Waals surface area contributed by atoms with Gasteiger partial charge in [-0.25, -0.2) is 4.98 Å². The molecule has 0 bridgehead atoms. The minimum Gasteiger partial charge on any atom is -0.379 e. The highest BCUT2D eigenvalue weighted by atomic mass is 127. The second-order valence-electron chi connectivity index (χ2n) is 7.57. The molecule has 3 aromatic rings. The molecule has 0 spiro atoms. The molecule has 0 amide bonds. The Labute approximate surface area is 214 Å². The van der Waals surface area contributed by atoms with E-state index in [-0.39, 0.29) is 24.0 Å². The van der Waals surface area contributed by atoms with E-state index in [0.717, 1.165) is 49.0 Å². The zero-order valence-corrected chi connectivity index (χ0v) is 22.2. The van der Waals surface area contributed by atoms with Crippen molar-refractivity contribution in [2.45, 2.75) is 40.0 Å². The number of aliphatic imine (C=N–C) groups is 1. The van der Waals surface area contributed by atoms with E-state index in [1.54, 1.807) is 7.05 Å². The summed E-state index contributed by atoms with van der Waals surface area (Å²) < 4.78 is 13.2. The lowest BCUT2D eigenvalue weighted by Crippen LogP contribution is -2.37. The van der Waals surface area contributed by atoms with Crippen LogP contribution in [0.5, 0.6) is 0 Å². The van der Waals surface area contributed by atoms with E-state index in [2.05, 4.69) is 74.6 Å². The number of guanidine groups is 1. The summed E-state index contributed by atoms with van der Waals surface area (Å²) in [5, 5.41) is 6.80. The van der Waals surface area contributed by atoms with Crippen LogP contribution in [0.3, 0.4) is 0 Å². The highest BCUT2D eigenvalue weighted by molar-refractivity contribution is 14.0. The molecule has 7 nitrogen and oxygen atoms in total. The smallest absolute Gasteiger partial charge is 0.191 e. The Morgan fingerprint density at radius 3 is 2.64 bits per heavy atom. The molecule has 0 unspecified atom stereocenters. The molecule has 3 rings (SSSR count). The number of nitrogens with one attached hydrogen (secondary N) is 2. The number of ether oxygens (including phenoxy) is 2. The number of halogens is 1. The Kier molecular flexibility index (Phi) is 12.2. The second-order valence-corrected chi connectivity index (χ2v) is 7.57. The maximum atomic E-state index is 5.67. The van der Waals surface area contributed by atoms with Gasteiger partial charge in [0.1, 0.15) is 5.82 Å². The molecule has 2 N–H and O–H groups in total. The molecule has 0 aliphatic rings. The lowest BCUT2D eigenvalue weighted by Gasteiger charge is -2.13. The molecule has 2 aromatic carbocycles. The predicted molar refractivity (Wildman–Crippen MR) is 145 cm³/mol. The van der Waals surface area contributed by atoms with Gasteiger partial charge in [0.2, 0.25) is 0 Å². The van der Waals surface area contributed by atoms with Crippen LogP contribution in [-0.4, -0.2) is 48.9 Å². The fourth-order valence-corrected chi connectivity index (χ4v) is 3.61. The number of aromatic nitrogens is 2. The minimum atomic E-state index is 0. The van der Waals surface area contributed by atoms with Gasteiger partial charge in [-0.2, -0.15) is 0 Å². The van der Waals surface area contributed by atoms with Gasteiger partial charge in [-0.1, -0.05) is 36.4 Å². The van der Waals surface area contributed by atoms with Gasteiger partial charge in [0.25, 0.3) is 0 Å². The normalized spacial score (nSPS) is 11.4. The first-order chi connectivity index (χ1) is 15.7. The minimum absolute atomic E-state index is 0. The monoisotopic (exact) mass is 565 g/mol. The quantitative estimate of drug-likeness (QED) is 0.149. The van der Waals surface area contributed by atoms with Crippen LogP contribution in [0.2, 0.25) is 0 Å². The topological polar surface area (TPSA) is 72.7 Å². The molecule has 180 valence electrons. The van der Waals surface area contributed by atoms with Crippen LogP contribution >= 0.6 is 24.0 Å². The summed E-state index contributed by atoms with van der Waals surface area (Å²) in [6, 6.07) is 16.7. The van der Waals surface area contributed by atoms with Crippen LogP contribution in [0, 0.1) is 6.92 Å². The van der Waals surface area contributed by atoms with Gasteiger partial charge in [-0.3, -0.25) is 4.99 Å². The molecule has 0 atom stereocenters. The maximum Gasteiger partial charge on any atom is 0.191 e. The van der Waals surface area contributed by atoms with Gasteiger partial charge < -0.3 is 24.7 Å². The van der Waals surface area contributed by atoms with E-state index in [0.29, 0.717) is 26.4 Å². The third-order valence-corrected chi connectivity index (χ3v) is 5.22. The van der Waals surface area contributed by atoms with Gasteiger partial charge in [0.05, 0.1) is 30.9 Å². The van der Waals surface area contributed by atoms with Gasteiger partial charge in [0, 0.05) is 33.3 Å². The number of nitrogens with zero attached hydrogens (tertiary/aromatic N) is 3. The third kappa shape index (κ3) is 8.60. The summed E-state index contributed by atoms with van der Waals surface area (Å²) >= 11 is 0. The van der Waals surface area contributed by atoms with Crippen molar-refractivity contribution in [2.75, 3.05) is 33.4 Å². The Hall–Kier alpha value is -2.17.